The second-order valence-corrected chi connectivity index (χ2v) is 4.72. The summed E-state index contributed by atoms with van der Waals surface area (Å²) in [6.45, 7) is 3.71. The van der Waals surface area contributed by atoms with Gasteiger partial charge in [-0.05, 0) is 37.8 Å². The molecule has 0 saturated carbocycles. The first-order valence-electron chi connectivity index (χ1n) is 6.44. The average molecular weight is 248 g/mol. The van der Waals surface area contributed by atoms with E-state index in [0.29, 0.717) is 11.4 Å². The average Bonchev–Trinajstić information content (AvgIpc) is 2.41. The largest absolute Gasteiger partial charge is 0.482 e. The maximum absolute atomic E-state index is 11.9. The number of amides is 1. The number of anilines is 1. The Labute approximate surface area is 108 Å². The monoisotopic (exact) mass is 248 g/mol. The van der Waals surface area contributed by atoms with E-state index in [1.54, 1.807) is 6.07 Å². The predicted octanol–water partition coefficient (Wildman–Crippen LogP) is 1.97. The van der Waals surface area contributed by atoms with Gasteiger partial charge >= 0.3 is 0 Å². The minimum absolute atomic E-state index is 0.0515. The first-order valence-corrected chi connectivity index (χ1v) is 6.44. The molecule has 1 aliphatic heterocycles. The SMILES string of the molecule is Cc1cccc(OCC(=O)N2CCCCC2)c1N. The van der Waals surface area contributed by atoms with Crippen LogP contribution in [0.2, 0.25) is 0 Å². The van der Waals surface area contributed by atoms with Crippen LogP contribution in [-0.2, 0) is 4.79 Å². The van der Waals surface area contributed by atoms with E-state index in [0.717, 1.165) is 31.5 Å². The van der Waals surface area contributed by atoms with Crippen LogP contribution in [0.5, 0.6) is 5.75 Å². The molecule has 0 bridgehead atoms. The van der Waals surface area contributed by atoms with E-state index < -0.39 is 0 Å². The maximum atomic E-state index is 11.9. The number of hydrogen-bond donors (Lipinski definition) is 1. The molecule has 4 nitrogen and oxygen atoms in total. The zero-order valence-electron chi connectivity index (χ0n) is 10.8. The summed E-state index contributed by atoms with van der Waals surface area (Å²) in [5.41, 5.74) is 7.48. The van der Waals surface area contributed by atoms with Gasteiger partial charge in [0, 0.05) is 13.1 Å². The summed E-state index contributed by atoms with van der Waals surface area (Å²) in [6, 6.07) is 5.60. The van der Waals surface area contributed by atoms with E-state index in [2.05, 4.69) is 0 Å². The van der Waals surface area contributed by atoms with Crippen molar-refractivity contribution < 1.29 is 9.53 Å². The third-order valence-corrected chi connectivity index (χ3v) is 3.34. The number of benzene rings is 1. The van der Waals surface area contributed by atoms with Crippen molar-refractivity contribution in [2.24, 2.45) is 0 Å². The van der Waals surface area contributed by atoms with E-state index in [4.69, 9.17) is 10.5 Å². The van der Waals surface area contributed by atoms with Crippen LogP contribution < -0.4 is 10.5 Å². The van der Waals surface area contributed by atoms with Crippen LogP contribution in [0.4, 0.5) is 5.69 Å². The van der Waals surface area contributed by atoms with Crippen molar-refractivity contribution in [3.63, 3.8) is 0 Å². The zero-order valence-corrected chi connectivity index (χ0v) is 10.8. The molecule has 1 aliphatic rings. The van der Waals surface area contributed by atoms with E-state index in [1.165, 1.54) is 6.42 Å². The van der Waals surface area contributed by atoms with Gasteiger partial charge in [0.15, 0.2) is 6.61 Å². The van der Waals surface area contributed by atoms with Crippen molar-refractivity contribution in [3.05, 3.63) is 23.8 Å². The van der Waals surface area contributed by atoms with Gasteiger partial charge in [-0.25, -0.2) is 0 Å². The summed E-state index contributed by atoms with van der Waals surface area (Å²) in [5, 5.41) is 0. The number of hydrogen-bond acceptors (Lipinski definition) is 3. The van der Waals surface area contributed by atoms with Crippen molar-refractivity contribution >= 4 is 11.6 Å². The Hall–Kier alpha value is -1.71. The number of para-hydroxylation sites is 1. The summed E-state index contributed by atoms with van der Waals surface area (Å²) >= 11 is 0. The highest BCUT2D eigenvalue weighted by atomic mass is 16.5. The summed E-state index contributed by atoms with van der Waals surface area (Å²) in [7, 11) is 0. The molecular weight excluding hydrogens is 228 g/mol. The van der Waals surface area contributed by atoms with E-state index in [-0.39, 0.29) is 12.5 Å². The molecule has 98 valence electrons. The van der Waals surface area contributed by atoms with Crippen LogP contribution in [0.25, 0.3) is 0 Å². The van der Waals surface area contributed by atoms with Gasteiger partial charge in [0.05, 0.1) is 5.69 Å². The van der Waals surface area contributed by atoms with Crippen molar-refractivity contribution in [3.8, 4) is 5.75 Å². The number of nitrogens with two attached hydrogens (primary N) is 1. The Kier molecular flexibility index (Phi) is 4.07. The number of rotatable bonds is 3. The van der Waals surface area contributed by atoms with Crippen LogP contribution in [0.3, 0.4) is 0 Å². The molecule has 2 rings (SSSR count). The van der Waals surface area contributed by atoms with Gasteiger partial charge in [0.25, 0.3) is 5.91 Å². The molecule has 1 aromatic rings. The topological polar surface area (TPSA) is 55.6 Å². The first kappa shape index (κ1) is 12.7. The number of carbonyl (C=O) groups excluding carboxylic acids is 1. The predicted molar refractivity (Wildman–Crippen MR) is 71.5 cm³/mol. The third-order valence-electron chi connectivity index (χ3n) is 3.34. The molecular formula is C14H20N2O2. The van der Waals surface area contributed by atoms with Crippen LogP contribution in [0.15, 0.2) is 18.2 Å². The van der Waals surface area contributed by atoms with Crippen LogP contribution in [0, 0.1) is 6.92 Å². The summed E-state index contributed by atoms with van der Waals surface area (Å²) in [5.74, 6) is 0.649. The van der Waals surface area contributed by atoms with Gasteiger partial charge in [-0.2, -0.15) is 0 Å². The lowest BCUT2D eigenvalue weighted by atomic mass is 10.1. The Bertz CT molecular complexity index is 426. The van der Waals surface area contributed by atoms with Gasteiger partial charge in [0.2, 0.25) is 0 Å². The van der Waals surface area contributed by atoms with Crippen LogP contribution in [0.1, 0.15) is 24.8 Å². The Balaban J connectivity index is 1.90. The minimum atomic E-state index is 0.0515. The van der Waals surface area contributed by atoms with E-state index in [9.17, 15) is 4.79 Å². The molecule has 1 aromatic carbocycles. The fourth-order valence-electron chi connectivity index (χ4n) is 2.15. The molecule has 0 spiro atoms. The van der Waals surface area contributed by atoms with Gasteiger partial charge in [0.1, 0.15) is 5.75 Å². The highest BCUT2D eigenvalue weighted by Gasteiger charge is 2.17. The molecule has 2 N–H and O–H groups in total. The molecule has 0 aromatic heterocycles. The summed E-state index contributed by atoms with van der Waals surface area (Å²) < 4.78 is 5.52. The lowest BCUT2D eigenvalue weighted by Crippen LogP contribution is -2.38. The van der Waals surface area contributed by atoms with Crippen LogP contribution >= 0.6 is 0 Å². The molecule has 0 unspecified atom stereocenters. The fraction of sp³-hybridized carbons (Fsp3) is 0.500. The molecule has 0 aliphatic carbocycles. The van der Waals surface area contributed by atoms with Gasteiger partial charge in [-0.1, -0.05) is 12.1 Å². The number of likely N-dealkylation sites (tertiary alicyclic amines) is 1. The molecule has 1 heterocycles. The highest BCUT2D eigenvalue weighted by molar-refractivity contribution is 5.78. The lowest BCUT2D eigenvalue weighted by molar-refractivity contribution is -0.134. The molecule has 1 saturated heterocycles. The van der Waals surface area contributed by atoms with E-state index >= 15 is 0 Å². The van der Waals surface area contributed by atoms with Crippen molar-refractivity contribution in [1.82, 2.24) is 4.90 Å². The van der Waals surface area contributed by atoms with Gasteiger partial charge in [-0.3, -0.25) is 4.79 Å². The number of aryl methyl sites for hydroxylation is 1. The quantitative estimate of drug-likeness (QED) is 0.832. The Morgan fingerprint density at radius 3 is 2.78 bits per heavy atom. The number of nitrogen functional groups attached to an aromatic ring is 1. The minimum Gasteiger partial charge on any atom is -0.482 e. The number of piperidine rings is 1. The molecule has 1 amide bonds. The molecule has 0 atom stereocenters. The Morgan fingerprint density at radius 1 is 1.33 bits per heavy atom. The molecule has 1 fully saturated rings. The molecule has 4 heteroatoms. The van der Waals surface area contributed by atoms with Crippen molar-refractivity contribution in [2.45, 2.75) is 26.2 Å². The Morgan fingerprint density at radius 2 is 2.06 bits per heavy atom. The second kappa shape index (κ2) is 5.76. The van der Waals surface area contributed by atoms with Gasteiger partial charge < -0.3 is 15.4 Å². The van der Waals surface area contributed by atoms with E-state index in [1.807, 2.05) is 24.0 Å². The highest BCUT2D eigenvalue weighted by Crippen LogP contribution is 2.24. The lowest BCUT2D eigenvalue weighted by Gasteiger charge is -2.26. The number of nitrogens with zero attached hydrogens (tertiary/aromatic N) is 1. The summed E-state index contributed by atoms with van der Waals surface area (Å²) in [4.78, 5) is 13.8. The zero-order chi connectivity index (χ0) is 13.0. The second-order valence-electron chi connectivity index (χ2n) is 4.72. The standard InChI is InChI=1S/C14H20N2O2/c1-11-6-5-7-12(14(11)15)18-10-13(17)16-8-3-2-4-9-16/h5-7H,2-4,8-10,15H2,1H3. The number of ether oxygens (including phenoxy) is 1. The fourth-order valence-corrected chi connectivity index (χ4v) is 2.15. The first-order chi connectivity index (χ1) is 8.68. The molecule has 18 heavy (non-hydrogen) atoms. The third kappa shape index (κ3) is 2.94. The van der Waals surface area contributed by atoms with Crippen molar-refractivity contribution in [2.75, 3.05) is 25.4 Å². The summed E-state index contributed by atoms with van der Waals surface area (Å²) in [6.07, 6.45) is 3.41. The number of carbonyl (C=O) groups is 1. The van der Waals surface area contributed by atoms with Crippen molar-refractivity contribution in [1.29, 1.82) is 0 Å². The normalized spacial score (nSPS) is 15.5. The van der Waals surface area contributed by atoms with Gasteiger partial charge in [-0.15, -0.1) is 0 Å². The maximum Gasteiger partial charge on any atom is 0.260 e. The smallest absolute Gasteiger partial charge is 0.260 e. The molecule has 0 radical (unpaired) electrons. The van der Waals surface area contributed by atoms with Crippen LogP contribution in [-0.4, -0.2) is 30.5 Å².